The molecular weight excluding hydrogens is 276 g/mol. The van der Waals surface area contributed by atoms with Gasteiger partial charge in [-0.2, -0.15) is 0 Å². The van der Waals surface area contributed by atoms with Crippen LogP contribution < -0.4 is 4.90 Å². The minimum Gasteiger partial charge on any atom is -0.443 e. The first kappa shape index (κ1) is 15.3. The number of hydrogen-bond acceptors (Lipinski definition) is 3. The van der Waals surface area contributed by atoms with Crippen molar-refractivity contribution < 1.29 is 9.53 Å². The van der Waals surface area contributed by atoms with E-state index in [0.29, 0.717) is 6.54 Å². The lowest BCUT2D eigenvalue weighted by molar-refractivity contribution is 0.0910. The Bertz CT molecular complexity index is 506. The topological polar surface area (TPSA) is 32.8 Å². The smallest absolute Gasteiger partial charge is 0.414 e. The SMILES string of the molecule is CCC1CCN(CC2CN(c3ccc(C)cc3)C(=O)O2)CC1. The van der Waals surface area contributed by atoms with Crippen LogP contribution in [0.25, 0.3) is 0 Å². The van der Waals surface area contributed by atoms with Crippen molar-refractivity contribution in [2.75, 3.05) is 31.1 Å². The summed E-state index contributed by atoms with van der Waals surface area (Å²) in [6.45, 7) is 8.13. The fourth-order valence-electron chi connectivity index (χ4n) is 3.42. The second-order valence-electron chi connectivity index (χ2n) is 6.60. The summed E-state index contributed by atoms with van der Waals surface area (Å²) in [6.07, 6.45) is 3.62. The van der Waals surface area contributed by atoms with Crippen LogP contribution in [0.5, 0.6) is 0 Å². The molecule has 0 radical (unpaired) electrons. The van der Waals surface area contributed by atoms with Crippen LogP contribution in [0.4, 0.5) is 10.5 Å². The fraction of sp³-hybridized carbons (Fsp3) is 0.611. The van der Waals surface area contributed by atoms with Crippen LogP contribution in [-0.4, -0.2) is 43.3 Å². The summed E-state index contributed by atoms with van der Waals surface area (Å²) in [5, 5.41) is 0. The van der Waals surface area contributed by atoms with Gasteiger partial charge >= 0.3 is 6.09 Å². The van der Waals surface area contributed by atoms with Crippen LogP contribution in [0.2, 0.25) is 0 Å². The van der Waals surface area contributed by atoms with Crippen LogP contribution in [0.1, 0.15) is 31.7 Å². The lowest BCUT2D eigenvalue weighted by Gasteiger charge is -2.32. The number of carbonyl (C=O) groups excluding carboxylic acids is 1. The summed E-state index contributed by atoms with van der Waals surface area (Å²) in [4.78, 5) is 16.3. The predicted molar refractivity (Wildman–Crippen MR) is 88.2 cm³/mol. The van der Waals surface area contributed by atoms with Gasteiger partial charge in [-0.3, -0.25) is 9.80 Å². The Morgan fingerprint density at radius 3 is 2.50 bits per heavy atom. The standard InChI is InChI=1S/C18H26N2O2/c1-3-15-8-10-19(11-9-15)12-17-13-20(18(21)22-17)16-6-4-14(2)5-7-16/h4-7,15,17H,3,8-13H2,1-2H3. The van der Waals surface area contributed by atoms with Gasteiger partial charge in [-0.15, -0.1) is 0 Å². The number of aryl methyl sites for hydroxylation is 1. The molecule has 22 heavy (non-hydrogen) atoms. The number of benzene rings is 1. The number of hydrogen-bond donors (Lipinski definition) is 0. The number of piperidine rings is 1. The largest absolute Gasteiger partial charge is 0.443 e. The molecule has 0 spiro atoms. The van der Waals surface area contributed by atoms with Crippen LogP contribution >= 0.6 is 0 Å². The van der Waals surface area contributed by atoms with Gasteiger partial charge in [0, 0.05) is 12.2 Å². The summed E-state index contributed by atoms with van der Waals surface area (Å²) < 4.78 is 5.56. The highest BCUT2D eigenvalue weighted by Gasteiger charge is 2.34. The number of cyclic esters (lactones) is 1. The minimum atomic E-state index is -0.211. The molecule has 2 aliphatic rings. The fourth-order valence-corrected chi connectivity index (χ4v) is 3.42. The highest BCUT2D eigenvalue weighted by atomic mass is 16.6. The van der Waals surface area contributed by atoms with E-state index in [1.54, 1.807) is 4.90 Å². The lowest BCUT2D eigenvalue weighted by Crippen LogP contribution is -2.40. The first-order valence-electron chi connectivity index (χ1n) is 8.43. The van der Waals surface area contributed by atoms with E-state index < -0.39 is 0 Å². The monoisotopic (exact) mass is 302 g/mol. The van der Waals surface area contributed by atoms with Gasteiger partial charge in [0.05, 0.1) is 6.54 Å². The zero-order valence-corrected chi connectivity index (χ0v) is 13.6. The third-order valence-electron chi connectivity index (χ3n) is 4.97. The van der Waals surface area contributed by atoms with Crippen molar-refractivity contribution in [1.82, 2.24) is 4.90 Å². The molecule has 2 heterocycles. The van der Waals surface area contributed by atoms with Gasteiger partial charge in [0.1, 0.15) is 6.10 Å². The van der Waals surface area contributed by atoms with Crippen molar-refractivity contribution in [2.24, 2.45) is 5.92 Å². The molecule has 4 heteroatoms. The summed E-state index contributed by atoms with van der Waals surface area (Å²) in [7, 11) is 0. The third-order valence-corrected chi connectivity index (χ3v) is 4.97. The van der Waals surface area contributed by atoms with Crippen molar-refractivity contribution in [3.05, 3.63) is 29.8 Å². The highest BCUT2D eigenvalue weighted by Crippen LogP contribution is 2.24. The van der Waals surface area contributed by atoms with E-state index in [-0.39, 0.29) is 12.2 Å². The molecule has 0 N–H and O–H groups in total. The lowest BCUT2D eigenvalue weighted by atomic mass is 9.94. The maximum Gasteiger partial charge on any atom is 0.414 e. The molecule has 0 aliphatic carbocycles. The van der Waals surface area contributed by atoms with Gasteiger partial charge < -0.3 is 4.74 Å². The molecule has 0 bridgehead atoms. The molecule has 0 saturated carbocycles. The van der Waals surface area contributed by atoms with Crippen molar-refractivity contribution in [2.45, 2.75) is 39.2 Å². The van der Waals surface area contributed by atoms with E-state index >= 15 is 0 Å². The molecular formula is C18H26N2O2. The summed E-state index contributed by atoms with van der Waals surface area (Å²) in [5.41, 5.74) is 2.13. The zero-order valence-electron chi connectivity index (χ0n) is 13.6. The Labute approximate surface area is 133 Å². The van der Waals surface area contributed by atoms with Gasteiger partial charge in [0.25, 0.3) is 0 Å². The molecule has 120 valence electrons. The van der Waals surface area contributed by atoms with Gasteiger partial charge in [0.15, 0.2) is 0 Å². The van der Waals surface area contributed by atoms with Gasteiger partial charge in [-0.25, -0.2) is 4.79 Å². The number of ether oxygens (including phenoxy) is 1. The second kappa shape index (κ2) is 6.69. The van der Waals surface area contributed by atoms with Crippen molar-refractivity contribution >= 4 is 11.8 Å². The maximum atomic E-state index is 12.1. The van der Waals surface area contributed by atoms with Crippen LogP contribution in [0.15, 0.2) is 24.3 Å². The number of carbonyl (C=O) groups is 1. The average molecular weight is 302 g/mol. The molecule has 2 aliphatic heterocycles. The predicted octanol–water partition coefficient (Wildman–Crippen LogP) is 3.44. The first-order valence-corrected chi connectivity index (χ1v) is 8.43. The summed E-state index contributed by atoms with van der Waals surface area (Å²) in [6, 6.07) is 8.05. The number of rotatable bonds is 4. The number of likely N-dealkylation sites (tertiary alicyclic amines) is 1. The Kier molecular flexibility index (Phi) is 4.67. The quantitative estimate of drug-likeness (QED) is 0.854. The zero-order chi connectivity index (χ0) is 15.5. The van der Waals surface area contributed by atoms with Gasteiger partial charge in [-0.1, -0.05) is 31.0 Å². The Hall–Kier alpha value is -1.55. The van der Waals surface area contributed by atoms with Gasteiger partial charge in [0.2, 0.25) is 0 Å². The summed E-state index contributed by atoms with van der Waals surface area (Å²) >= 11 is 0. The molecule has 1 aromatic carbocycles. The molecule has 3 rings (SSSR count). The van der Waals surface area contributed by atoms with E-state index in [0.717, 1.165) is 31.2 Å². The van der Waals surface area contributed by atoms with Crippen molar-refractivity contribution in [1.29, 1.82) is 0 Å². The van der Waals surface area contributed by atoms with E-state index in [2.05, 4.69) is 18.7 Å². The number of nitrogens with zero attached hydrogens (tertiary/aromatic N) is 2. The van der Waals surface area contributed by atoms with Crippen molar-refractivity contribution in [3.63, 3.8) is 0 Å². The van der Waals surface area contributed by atoms with E-state index in [9.17, 15) is 4.79 Å². The van der Waals surface area contributed by atoms with Crippen LogP contribution in [0.3, 0.4) is 0 Å². The van der Waals surface area contributed by atoms with Gasteiger partial charge in [-0.05, 0) is 50.9 Å². The summed E-state index contributed by atoms with van der Waals surface area (Å²) in [5.74, 6) is 0.881. The van der Waals surface area contributed by atoms with Crippen molar-refractivity contribution in [3.8, 4) is 0 Å². The molecule has 4 nitrogen and oxygen atoms in total. The second-order valence-corrected chi connectivity index (χ2v) is 6.60. The van der Waals surface area contributed by atoms with Crippen LogP contribution in [-0.2, 0) is 4.74 Å². The number of anilines is 1. The molecule has 0 aromatic heterocycles. The third kappa shape index (κ3) is 3.43. The van der Waals surface area contributed by atoms with E-state index in [1.807, 2.05) is 24.3 Å². The Balaban J connectivity index is 1.55. The average Bonchev–Trinajstić information content (AvgIpc) is 2.89. The molecule has 1 atom stereocenters. The van der Waals surface area contributed by atoms with E-state index in [4.69, 9.17) is 4.74 Å². The Morgan fingerprint density at radius 1 is 1.18 bits per heavy atom. The normalized spacial score (nSPS) is 23.8. The maximum absolute atomic E-state index is 12.1. The van der Waals surface area contributed by atoms with E-state index in [1.165, 1.54) is 24.8 Å². The number of amides is 1. The molecule has 1 unspecified atom stereocenters. The molecule has 1 amide bonds. The Morgan fingerprint density at radius 2 is 1.86 bits per heavy atom. The molecule has 1 aromatic rings. The minimum absolute atomic E-state index is 0.00743. The molecule has 2 fully saturated rings. The highest BCUT2D eigenvalue weighted by molar-refractivity contribution is 5.89. The first-order chi connectivity index (χ1) is 10.7. The van der Waals surface area contributed by atoms with Crippen LogP contribution in [0, 0.1) is 12.8 Å². The molecule has 2 saturated heterocycles.